The van der Waals surface area contributed by atoms with E-state index in [9.17, 15) is 4.79 Å². The molecule has 4 rings (SSSR count). The number of H-pyrrole nitrogens is 1. The van der Waals surface area contributed by atoms with Crippen molar-refractivity contribution in [1.29, 1.82) is 0 Å². The topological polar surface area (TPSA) is 75.1 Å². The molecule has 1 aliphatic rings. The lowest BCUT2D eigenvalue weighted by molar-refractivity contribution is 0.0992. The minimum Gasteiger partial charge on any atom is -0.319 e. The average molecular weight is 350 g/mol. The molecule has 2 N–H and O–H groups in total. The van der Waals surface area contributed by atoms with Crippen molar-refractivity contribution in [2.45, 2.75) is 13.0 Å². The highest BCUT2D eigenvalue weighted by Gasteiger charge is 2.21. The molecule has 2 aromatic heterocycles. The first-order chi connectivity index (χ1) is 10.7. The Morgan fingerprint density at radius 1 is 1.39 bits per heavy atom. The Labute approximate surface area is 142 Å². The highest BCUT2D eigenvalue weighted by atomic mass is 35.5. The average Bonchev–Trinajstić information content (AvgIpc) is 3.10. The molecule has 3 aromatic rings. The molecule has 0 bridgehead atoms. The molecule has 0 aliphatic carbocycles. The molecule has 1 amide bonds. The number of aromatic nitrogens is 3. The highest BCUT2D eigenvalue weighted by Crippen LogP contribution is 2.17. The molecular formula is C15H16ClN5OS. The van der Waals surface area contributed by atoms with Crippen LogP contribution in [-0.2, 0) is 20.0 Å². The fourth-order valence-corrected chi connectivity index (χ4v) is 3.75. The summed E-state index contributed by atoms with van der Waals surface area (Å²) in [6.45, 7) is 1.58. The van der Waals surface area contributed by atoms with Gasteiger partial charge in [-0.3, -0.25) is 9.89 Å². The van der Waals surface area contributed by atoms with E-state index >= 15 is 0 Å². The first-order valence-electron chi connectivity index (χ1n) is 7.14. The number of aromatic amines is 1. The Balaban J connectivity index is 0.00000156. The van der Waals surface area contributed by atoms with Crippen molar-refractivity contribution in [3.63, 3.8) is 0 Å². The monoisotopic (exact) mass is 349 g/mol. The molecule has 0 saturated heterocycles. The number of amides is 1. The van der Waals surface area contributed by atoms with Crippen molar-refractivity contribution < 1.29 is 4.79 Å². The van der Waals surface area contributed by atoms with Crippen LogP contribution in [0.5, 0.6) is 0 Å². The Bertz CT molecular complexity index is 939. The zero-order valence-electron chi connectivity index (χ0n) is 12.5. The van der Waals surface area contributed by atoms with E-state index in [2.05, 4.69) is 20.5 Å². The minimum atomic E-state index is -0.289. The third-order valence-electron chi connectivity index (χ3n) is 3.92. The van der Waals surface area contributed by atoms with E-state index in [4.69, 9.17) is 0 Å². The van der Waals surface area contributed by atoms with Gasteiger partial charge in [-0.05, 0) is 12.1 Å². The Morgan fingerprint density at radius 2 is 2.22 bits per heavy atom. The lowest BCUT2D eigenvalue weighted by Gasteiger charge is -2.11. The second-order valence-electron chi connectivity index (χ2n) is 5.28. The minimum absolute atomic E-state index is 0. The first kappa shape index (κ1) is 15.9. The number of aryl methyl sites for hydroxylation is 1. The van der Waals surface area contributed by atoms with Crippen LogP contribution in [-0.4, -0.2) is 27.2 Å². The van der Waals surface area contributed by atoms with Gasteiger partial charge in [0.25, 0.3) is 5.91 Å². The quantitative estimate of drug-likeness (QED) is 0.703. The van der Waals surface area contributed by atoms with Gasteiger partial charge in [0.1, 0.15) is 0 Å². The number of carbonyl (C=O) groups excluding carboxylic acids is 1. The molecule has 0 spiro atoms. The normalized spacial score (nSPS) is 14.6. The second kappa shape index (κ2) is 6.27. The molecule has 1 aromatic carbocycles. The third-order valence-corrected chi connectivity index (χ3v) is 5.03. The maximum absolute atomic E-state index is 12.5. The van der Waals surface area contributed by atoms with Gasteiger partial charge in [-0.1, -0.05) is 23.5 Å². The zero-order chi connectivity index (χ0) is 15.1. The van der Waals surface area contributed by atoms with E-state index in [-0.39, 0.29) is 18.3 Å². The Kier molecular flexibility index (Phi) is 4.34. The molecule has 23 heavy (non-hydrogen) atoms. The number of rotatable bonds is 1. The largest absolute Gasteiger partial charge is 0.319 e. The van der Waals surface area contributed by atoms with Gasteiger partial charge in [-0.15, -0.1) is 12.4 Å². The van der Waals surface area contributed by atoms with E-state index in [0.717, 1.165) is 34.4 Å². The van der Waals surface area contributed by atoms with Crippen molar-refractivity contribution in [3.8, 4) is 0 Å². The van der Waals surface area contributed by atoms with Gasteiger partial charge in [0.15, 0.2) is 10.5 Å². The lowest BCUT2D eigenvalue weighted by atomic mass is 10.1. The predicted molar refractivity (Wildman–Crippen MR) is 91.9 cm³/mol. The zero-order valence-corrected chi connectivity index (χ0v) is 14.1. The number of hydrogen-bond donors (Lipinski definition) is 2. The smallest absolute Gasteiger partial charge is 0.300 e. The molecule has 0 atom stereocenters. The maximum atomic E-state index is 12.5. The number of halogens is 1. The number of carbonyl (C=O) groups is 1. The summed E-state index contributed by atoms with van der Waals surface area (Å²) < 4.78 is 3.05. The highest BCUT2D eigenvalue weighted by molar-refractivity contribution is 7.16. The summed E-state index contributed by atoms with van der Waals surface area (Å²) in [5.74, 6) is -0.289. The van der Waals surface area contributed by atoms with Gasteiger partial charge in [-0.25, -0.2) is 0 Å². The number of benzene rings is 1. The van der Waals surface area contributed by atoms with E-state index in [1.165, 1.54) is 11.3 Å². The van der Waals surface area contributed by atoms with E-state index in [1.807, 2.05) is 35.9 Å². The van der Waals surface area contributed by atoms with Crippen LogP contribution in [0.1, 0.15) is 21.7 Å². The summed E-state index contributed by atoms with van der Waals surface area (Å²) in [4.78, 5) is 17.5. The van der Waals surface area contributed by atoms with Gasteiger partial charge in [-0.2, -0.15) is 10.1 Å². The summed E-state index contributed by atoms with van der Waals surface area (Å²) >= 11 is 1.51. The Morgan fingerprint density at radius 3 is 3.04 bits per heavy atom. The van der Waals surface area contributed by atoms with Crippen LogP contribution in [0.2, 0.25) is 0 Å². The fourth-order valence-electron chi connectivity index (χ4n) is 2.73. The molecule has 0 radical (unpaired) electrons. The van der Waals surface area contributed by atoms with Crippen molar-refractivity contribution in [2.24, 2.45) is 12.0 Å². The van der Waals surface area contributed by atoms with Gasteiger partial charge in [0, 0.05) is 37.8 Å². The molecule has 0 unspecified atom stereocenters. The Hall–Kier alpha value is -1.96. The lowest BCUT2D eigenvalue weighted by Crippen LogP contribution is -2.24. The van der Waals surface area contributed by atoms with Gasteiger partial charge in [0.2, 0.25) is 0 Å². The maximum Gasteiger partial charge on any atom is 0.300 e. The summed E-state index contributed by atoms with van der Waals surface area (Å²) in [5.41, 5.74) is 3.49. The van der Waals surface area contributed by atoms with Crippen LogP contribution in [0, 0.1) is 0 Å². The number of thiazole rings is 1. The first-order valence-corrected chi connectivity index (χ1v) is 7.96. The van der Waals surface area contributed by atoms with Crippen LogP contribution < -0.4 is 10.1 Å². The summed E-state index contributed by atoms with van der Waals surface area (Å²) in [7, 11) is 1.92. The van der Waals surface area contributed by atoms with Crippen LogP contribution in [0.15, 0.2) is 29.3 Å². The number of nitrogens with one attached hydrogen (secondary N) is 2. The fraction of sp³-hybridized carbons (Fsp3) is 0.267. The summed E-state index contributed by atoms with van der Waals surface area (Å²) in [6, 6.07) is 8.02. The van der Waals surface area contributed by atoms with Gasteiger partial charge < -0.3 is 9.88 Å². The van der Waals surface area contributed by atoms with Crippen molar-refractivity contribution in [2.75, 3.05) is 6.54 Å². The van der Waals surface area contributed by atoms with Crippen LogP contribution in [0.3, 0.4) is 0 Å². The van der Waals surface area contributed by atoms with E-state index < -0.39 is 0 Å². The van der Waals surface area contributed by atoms with E-state index in [0.29, 0.717) is 17.0 Å². The second-order valence-corrected chi connectivity index (χ2v) is 6.29. The number of fused-ring (bicyclic) bond motifs is 2. The predicted octanol–water partition coefficient (Wildman–Crippen LogP) is 1.77. The van der Waals surface area contributed by atoms with Crippen LogP contribution in [0.25, 0.3) is 10.2 Å². The SMILES string of the molecule is Cl.Cn1c(=NC(=O)c2n[nH]c3c2CNCC3)sc2ccccc21. The molecular weight excluding hydrogens is 334 g/mol. The molecule has 120 valence electrons. The third kappa shape index (κ3) is 2.71. The van der Waals surface area contributed by atoms with Crippen LogP contribution in [0.4, 0.5) is 0 Å². The van der Waals surface area contributed by atoms with Crippen molar-refractivity contribution in [1.82, 2.24) is 20.1 Å². The molecule has 1 aliphatic heterocycles. The van der Waals surface area contributed by atoms with Crippen LogP contribution >= 0.6 is 23.7 Å². The summed E-state index contributed by atoms with van der Waals surface area (Å²) in [6.07, 6.45) is 0.867. The van der Waals surface area contributed by atoms with Crippen molar-refractivity contribution >= 4 is 39.9 Å². The molecule has 0 saturated carbocycles. The van der Waals surface area contributed by atoms with Gasteiger partial charge in [0.05, 0.1) is 10.2 Å². The number of hydrogen-bond acceptors (Lipinski definition) is 4. The molecule has 0 fully saturated rings. The van der Waals surface area contributed by atoms with E-state index in [1.54, 1.807) is 0 Å². The van der Waals surface area contributed by atoms with Crippen molar-refractivity contribution in [3.05, 3.63) is 46.0 Å². The van der Waals surface area contributed by atoms with Gasteiger partial charge >= 0.3 is 0 Å². The molecule has 6 nitrogen and oxygen atoms in total. The number of nitrogens with zero attached hydrogens (tertiary/aromatic N) is 3. The molecule has 3 heterocycles. The standard InChI is InChI=1S/C15H15N5OS.ClH/c1-20-11-4-2-3-5-12(11)22-15(20)17-14(21)13-9-8-16-7-6-10(9)18-19-13;/h2-5,16H,6-8H2,1H3,(H,18,19);1H. The number of para-hydroxylation sites is 1. The summed E-state index contributed by atoms with van der Waals surface area (Å²) in [5, 5.41) is 10.4. The molecule has 8 heteroatoms.